The van der Waals surface area contributed by atoms with Crippen LogP contribution in [0, 0.1) is 0 Å². The average molecular weight is 435 g/mol. The minimum Gasteiger partial charge on any atom is -0.459 e. The van der Waals surface area contributed by atoms with Crippen molar-refractivity contribution in [2.24, 2.45) is 0 Å². The Bertz CT molecular complexity index is 980. The lowest BCUT2D eigenvalue weighted by molar-refractivity contribution is -0.142. The molecule has 32 heavy (non-hydrogen) atoms. The quantitative estimate of drug-likeness (QED) is 0.649. The molecule has 0 saturated carbocycles. The maximum absolute atomic E-state index is 12.9. The van der Waals surface area contributed by atoms with E-state index in [1.165, 1.54) is 5.57 Å². The van der Waals surface area contributed by atoms with Crippen LogP contribution in [-0.2, 0) is 9.53 Å². The molecule has 1 fully saturated rings. The third-order valence-electron chi connectivity index (χ3n) is 6.47. The fraction of sp³-hybridized carbons (Fsp3) is 0.462. The number of rotatable bonds is 5. The zero-order valence-electron chi connectivity index (χ0n) is 19.8. The number of carbonyl (C=O) groups is 1. The molecule has 0 atom stereocenters. The Morgan fingerprint density at radius 3 is 2.53 bits per heavy atom. The van der Waals surface area contributed by atoms with Crippen molar-refractivity contribution in [1.82, 2.24) is 19.7 Å². The third kappa shape index (κ3) is 4.65. The summed E-state index contributed by atoms with van der Waals surface area (Å²) in [6.45, 7) is 7.83. The van der Waals surface area contributed by atoms with E-state index in [4.69, 9.17) is 4.74 Å². The van der Waals surface area contributed by atoms with Crippen molar-refractivity contribution in [3.8, 4) is 0 Å². The zero-order chi connectivity index (χ0) is 22.8. The molecular weight excluding hydrogens is 400 g/mol. The van der Waals surface area contributed by atoms with E-state index in [-0.39, 0.29) is 12.1 Å². The SMILES string of the molecule is CC1=C(C(=O)OC(C)C)C=C2CC(c3ccncc3)=CN2/C1=C/N1CCC(N(C)C)CC1. The van der Waals surface area contributed by atoms with Gasteiger partial charge in [0.2, 0.25) is 0 Å². The molecule has 1 aromatic rings. The number of aromatic nitrogens is 1. The first-order valence-electron chi connectivity index (χ1n) is 11.5. The summed E-state index contributed by atoms with van der Waals surface area (Å²) in [7, 11) is 4.32. The molecule has 170 valence electrons. The maximum atomic E-state index is 12.9. The fourth-order valence-corrected chi connectivity index (χ4v) is 4.60. The van der Waals surface area contributed by atoms with Crippen LogP contribution in [0.5, 0.6) is 0 Å². The number of hydrogen-bond acceptors (Lipinski definition) is 6. The lowest BCUT2D eigenvalue weighted by atomic mass is 9.98. The Balaban J connectivity index is 1.67. The van der Waals surface area contributed by atoms with E-state index in [0.717, 1.165) is 54.9 Å². The van der Waals surface area contributed by atoms with E-state index in [2.05, 4.69) is 46.2 Å². The molecule has 6 heteroatoms. The van der Waals surface area contributed by atoms with Crippen LogP contribution >= 0.6 is 0 Å². The standard InChI is InChI=1S/C26H34N4O2/c1-18(2)32-26(31)24-15-23-14-21(20-6-10-27-11-7-20)16-30(23)25(19(24)3)17-29-12-8-22(9-13-29)28(4)5/h6-7,10-11,15-18,22H,8-9,12-14H2,1-5H3/b25-17+. The first-order chi connectivity index (χ1) is 15.3. The highest BCUT2D eigenvalue weighted by atomic mass is 16.5. The van der Waals surface area contributed by atoms with E-state index >= 15 is 0 Å². The highest BCUT2D eigenvalue weighted by Crippen LogP contribution is 2.41. The monoisotopic (exact) mass is 434 g/mol. The van der Waals surface area contributed by atoms with Gasteiger partial charge >= 0.3 is 5.97 Å². The van der Waals surface area contributed by atoms with Crippen molar-refractivity contribution in [1.29, 1.82) is 0 Å². The first kappa shape index (κ1) is 22.3. The Labute approximate surface area is 191 Å². The second kappa shape index (κ2) is 9.33. The molecule has 6 nitrogen and oxygen atoms in total. The summed E-state index contributed by atoms with van der Waals surface area (Å²) in [4.78, 5) is 24.0. The number of piperidine rings is 1. The van der Waals surface area contributed by atoms with Gasteiger partial charge in [-0.1, -0.05) is 0 Å². The van der Waals surface area contributed by atoms with Gasteiger partial charge in [0, 0.05) is 56.0 Å². The van der Waals surface area contributed by atoms with Crippen LogP contribution in [0.1, 0.15) is 45.6 Å². The Morgan fingerprint density at radius 1 is 1.22 bits per heavy atom. The molecule has 3 aliphatic rings. The van der Waals surface area contributed by atoms with Crippen molar-refractivity contribution in [3.63, 3.8) is 0 Å². The van der Waals surface area contributed by atoms with Crippen LogP contribution < -0.4 is 0 Å². The van der Waals surface area contributed by atoms with Crippen molar-refractivity contribution in [2.75, 3.05) is 27.2 Å². The summed E-state index contributed by atoms with van der Waals surface area (Å²) < 4.78 is 5.57. The van der Waals surface area contributed by atoms with Gasteiger partial charge < -0.3 is 19.4 Å². The van der Waals surface area contributed by atoms with Gasteiger partial charge in [0.25, 0.3) is 0 Å². The molecular formula is C26H34N4O2. The van der Waals surface area contributed by atoms with Crippen molar-refractivity contribution in [2.45, 2.75) is 52.2 Å². The number of allylic oxidation sites excluding steroid dienone is 2. The highest BCUT2D eigenvalue weighted by molar-refractivity contribution is 5.94. The van der Waals surface area contributed by atoms with Gasteiger partial charge in [-0.05, 0) is 82.6 Å². The fourth-order valence-electron chi connectivity index (χ4n) is 4.60. The molecule has 0 N–H and O–H groups in total. The van der Waals surface area contributed by atoms with Crippen LogP contribution in [0.4, 0.5) is 0 Å². The summed E-state index contributed by atoms with van der Waals surface area (Å²) in [5.41, 5.74) is 6.16. The van der Waals surface area contributed by atoms with Crippen LogP contribution in [0.3, 0.4) is 0 Å². The van der Waals surface area contributed by atoms with Crippen LogP contribution in [0.15, 0.2) is 65.5 Å². The predicted octanol–water partition coefficient (Wildman–Crippen LogP) is 4.16. The molecule has 1 aromatic heterocycles. The molecule has 0 aliphatic carbocycles. The van der Waals surface area contributed by atoms with Gasteiger partial charge in [-0.25, -0.2) is 4.79 Å². The number of hydrogen-bond donors (Lipinski definition) is 0. The largest absolute Gasteiger partial charge is 0.459 e. The smallest absolute Gasteiger partial charge is 0.338 e. The lowest BCUT2D eigenvalue weighted by Gasteiger charge is -2.36. The van der Waals surface area contributed by atoms with Crippen LogP contribution in [0.25, 0.3) is 5.57 Å². The summed E-state index contributed by atoms with van der Waals surface area (Å²) in [6, 6.07) is 4.70. The van der Waals surface area contributed by atoms with Crippen molar-refractivity contribution in [3.05, 3.63) is 71.1 Å². The first-order valence-corrected chi connectivity index (χ1v) is 11.5. The van der Waals surface area contributed by atoms with E-state index in [9.17, 15) is 4.79 Å². The van der Waals surface area contributed by atoms with Gasteiger partial charge in [0.1, 0.15) is 0 Å². The highest BCUT2D eigenvalue weighted by Gasteiger charge is 2.32. The second-order valence-corrected chi connectivity index (χ2v) is 9.31. The van der Waals surface area contributed by atoms with Crippen molar-refractivity contribution >= 4 is 11.5 Å². The lowest BCUT2D eigenvalue weighted by Crippen LogP contribution is -2.40. The minimum absolute atomic E-state index is 0.147. The third-order valence-corrected chi connectivity index (χ3v) is 6.47. The Kier molecular flexibility index (Phi) is 6.51. The normalized spacial score (nSPS) is 20.8. The molecule has 0 spiro atoms. The van der Waals surface area contributed by atoms with E-state index in [1.54, 1.807) is 0 Å². The summed E-state index contributed by atoms with van der Waals surface area (Å²) >= 11 is 0. The molecule has 4 heterocycles. The summed E-state index contributed by atoms with van der Waals surface area (Å²) in [5.74, 6) is -0.251. The zero-order valence-corrected chi connectivity index (χ0v) is 19.8. The van der Waals surface area contributed by atoms with Gasteiger partial charge in [0.05, 0.1) is 17.4 Å². The molecule has 0 amide bonds. The summed E-state index contributed by atoms with van der Waals surface area (Å²) in [6.07, 6.45) is 13.0. The summed E-state index contributed by atoms with van der Waals surface area (Å²) in [5, 5.41) is 0. The number of carbonyl (C=O) groups excluding carboxylic acids is 1. The van der Waals surface area contributed by atoms with E-state index < -0.39 is 0 Å². The Morgan fingerprint density at radius 2 is 1.91 bits per heavy atom. The van der Waals surface area contributed by atoms with Crippen LogP contribution in [0.2, 0.25) is 0 Å². The number of fused-ring (bicyclic) bond motifs is 1. The van der Waals surface area contributed by atoms with Gasteiger partial charge in [-0.3, -0.25) is 4.98 Å². The number of ether oxygens (including phenoxy) is 1. The van der Waals surface area contributed by atoms with Gasteiger partial charge in [-0.2, -0.15) is 0 Å². The van der Waals surface area contributed by atoms with E-state index in [1.807, 2.05) is 51.4 Å². The second-order valence-electron chi connectivity index (χ2n) is 9.31. The number of pyridine rings is 1. The molecule has 0 unspecified atom stereocenters. The van der Waals surface area contributed by atoms with Gasteiger partial charge in [-0.15, -0.1) is 0 Å². The molecule has 4 rings (SSSR count). The number of nitrogens with zero attached hydrogens (tertiary/aromatic N) is 4. The molecule has 1 saturated heterocycles. The number of esters is 1. The molecule has 0 radical (unpaired) electrons. The van der Waals surface area contributed by atoms with Crippen LogP contribution in [-0.4, -0.2) is 65.0 Å². The molecule has 0 aromatic carbocycles. The van der Waals surface area contributed by atoms with Gasteiger partial charge in [0.15, 0.2) is 0 Å². The minimum atomic E-state index is -0.251. The van der Waals surface area contributed by atoms with Crippen molar-refractivity contribution < 1.29 is 9.53 Å². The Hall–Kier alpha value is -2.86. The maximum Gasteiger partial charge on any atom is 0.338 e. The van der Waals surface area contributed by atoms with E-state index in [0.29, 0.717) is 11.6 Å². The number of likely N-dealkylation sites (tertiary alicyclic amines) is 1. The average Bonchev–Trinajstić information content (AvgIpc) is 3.20. The predicted molar refractivity (Wildman–Crippen MR) is 127 cm³/mol. The molecule has 3 aliphatic heterocycles. The molecule has 0 bridgehead atoms. The topological polar surface area (TPSA) is 48.9 Å².